The van der Waals surface area contributed by atoms with Gasteiger partial charge in [0, 0.05) is 0 Å². The molecule has 0 heterocycles. The lowest BCUT2D eigenvalue weighted by Crippen LogP contribution is -2.13. The average Bonchev–Trinajstić information content (AvgIpc) is 2.48. The molecule has 21 heavy (non-hydrogen) atoms. The Bertz CT molecular complexity index is 458. The zero-order valence-corrected chi connectivity index (χ0v) is 13.4. The van der Waals surface area contributed by atoms with Crippen molar-refractivity contribution in [1.29, 1.82) is 0 Å². The van der Waals surface area contributed by atoms with E-state index < -0.39 is 5.97 Å². The normalized spacial score (nSPS) is 10.6. The zero-order chi connectivity index (χ0) is 15.7. The maximum absolute atomic E-state index is 11.7. The van der Waals surface area contributed by atoms with E-state index in [-0.39, 0.29) is 5.75 Å². The minimum absolute atomic E-state index is 0.128. The lowest BCUT2D eigenvalue weighted by atomic mass is 9.97. The molecule has 0 aliphatic heterocycles. The van der Waals surface area contributed by atoms with Crippen LogP contribution in [0, 0.1) is 6.92 Å². The molecule has 0 saturated carbocycles. The van der Waals surface area contributed by atoms with Crippen LogP contribution in [0.15, 0.2) is 12.1 Å². The van der Waals surface area contributed by atoms with Crippen LogP contribution in [-0.2, 0) is 11.2 Å². The van der Waals surface area contributed by atoms with E-state index in [4.69, 9.17) is 4.74 Å². The van der Waals surface area contributed by atoms with Crippen molar-refractivity contribution < 1.29 is 14.6 Å². The lowest BCUT2D eigenvalue weighted by Gasteiger charge is -2.11. The number of aromatic hydroxyl groups is 1. The summed E-state index contributed by atoms with van der Waals surface area (Å²) in [5, 5.41) is 13.1. The number of phenols is 1. The third-order valence-corrected chi connectivity index (χ3v) is 3.70. The Hall–Kier alpha value is -1.55. The van der Waals surface area contributed by atoms with Crippen LogP contribution in [0.2, 0.25) is 0 Å². The van der Waals surface area contributed by atoms with Crippen molar-refractivity contribution in [3.8, 4) is 5.75 Å². The average molecular weight is 293 g/mol. The molecule has 1 aromatic rings. The maximum Gasteiger partial charge on any atom is 0.338 e. The van der Waals surface area contributed by atoms with Gasteiger partial charge in [-0.25, -0.2) is 4.79 Å². The summed E-state index contributed by atoms with van der Waals surface area (Å²) in [5.74, 6) is -0.265. The highest BCUT2D eigenvalue weighted by molar-refractivity contribution is 5.91. The number of carbonyl (C=O) groups excluding carboxylic acids is 1. The fraction of sp³-hybridized carbons (Fsp3) is 0.588. The van der Waals surface area contributed by atoms with Gasteiger partial charge < -0.3 is 15.2 Å². The van der Waals surface area contributed by atoms with Gasteiger partial charge in [0.2, 0.25) is 0 Å². The number of carbonyl (C=O) groups is 1. The monoisotopic (exact) mass is 293 g/mol. The SMILES string of the molecule is CCNCCCCCCc1cc(O)cc(C(=O)OC)c1C. The van der Waals surface area contributed by atoms with Crippen molar-refractivity contribution in [2.45, 2.75) is 46.0 Å². The van der Waals surface area contributed by atoms with Crippen molar-refractivity contribution in [3.63, 3.8) is 0 Å². The molecular formula is C17H27NO3. The Morgan fingerprint density at radius 2 is 1.95 bits per heavy atom. The lowest BCUT2D eigenvalue weighted by molar-refractivity contribution is 0.0599. The minimum atomic E-state index is -0.393. The Labute approximate surface area is 127 Å². The van der Waals surface area contributed by atoms with Gasteiger partial charge in [-0.05, 0) is 62.5 Å². The van der Waals surface area contributed by atoms with Gasteiger partial charge in [-0.3, -0.25) is 0 Å². The van der Waals surface area contributed by atoms with E-state index in [9.17, 15) is 9.90 Å². The summed E-state index contributed by atoms with van der Waals surface area (Å²) in [6.45, 7) is 6.13. The summed E-state index contributed by atoms with van der Waals surface area (Å²) in [6, 6.07) is 3.22. The van der Waals surface area contributed by atoms with Crippen molar-refractivity contribution in [2.24, 2.45) is 0 Å². The third-order valence-electron chi connectivity index (χ3n) is 3.70. The molecule has 0 amide bonds. The standard InChI is InChI=1S/C17H27NO3/c1-4-18-10-8-6-5-7-9-14-11-15(19)12-16(13(14)2)17(20)21-3/h11-12,18-19H,4-10H2,1-3H3. The van der Waals surface area contributed by atoms with E-state index in [0.29, 0.717) is 5.56 Å². The first-order chi connectivity index (χ1) is 10.1. The molecule has 118 valence electrons. The number of ether oxygens (including phenoxy) is 1. The Morgan fingerprint density at radius 1 is 1.24 bits per heavy atom. The van der Waals surface area contributed by atoms with Crippen LogP contribution < -0.4 is 5.32 Å². The highest BCUT2D eigenvalue weighted by Crippen LogP contribution is 2.23. The van der Waals surface area contributed by atoms with Gasteiger partial charge in [-0.15, -0.1) is 0 Å². The second kappa shape index (κ2) is 9.40. The Morgan fingerprint density at radius 3 is 2.62 bits per heavy atom. The van der Waals surface area contributed by atoms with Crippen molar-refractivity contribution >= 4 is 5.97 Å². The molecule has 0 aliphatic rings. The van der Waals surface area contributed by atoms with E-state index in [1.807, 2.05) is 6.92 Å². The number of hydrogen-bond acceptors (Lipinski definition) is 4. The zero-order valence-electron chi connectivity index (χ0n) is 13.4. The first-order valence-corrected chi connectivity index (χ1v) is 7.71. The molecule has 0 aromatic heterocycles. The van der Waals surface area contributed by atoms with E-state index in [0.717, 1.165) is 43.5 Å². The van der Waals surface area contributed by atoms with Gasteiger partial charge in [0.1, 0.15) is 5.75 Å². The quantitative estimate of drug-likeness (QED) is 0.542. The largest absolute Gasteiger partial charge is 0.508 e. The van der Waals surface area contributed by atoms with Crippen LogP contribution in [0.4, 0.5) is 0 Å². The van der Waals surface area contributed by atoms with Gasteiger partial charge in [0.05, 0.1) is 12.7 Å². The van der Waals surface area contributed by atoms with Crippen molar-refractivity contribution in [1.82, 2.24) is 5.32 Å². The fourth-order valence-electron chi connectivity index (χ4n) is 2.43. The number of aryl methyl sites for hydroxylation is 1. The summed E-state index contributed by atoms with van der Waals surface area (Å²) in [5.41, 5.74) is 2.40. The fourth-order valence-corrected chi connectivity index (χ4v) is 2.43. The predicted molar refractivity (Wildman–Crippen MR) is 84.9 cm³/mol. The van der Waals surface area contributed by atoms with Crippen LogP contribution in [0.3, 0.4) is 0 Å². The second-order valence-electron chi connectivity index (χ2n) is 5.29. The van der Waals surface area contributed by atoms with E-state index in [2.05, 4.69) is 12.2 Å². The number of benzene rings is 1. The molecule has 1 aromatic carbocycles. The van der Waals surface area contributed by atoms with Crippen LogP contribution in [0.5, 0.6) is 5.75 Å². The first-order valence-electron chi connectivity index (χ1n) is 7.71. The van der Waals surface area contributed by atoms with Crippen molar-refractivity contribution in [3.05, 3.63) is 28.8 Å². The number of unbranched alkanes of at least 4 members (excludes halogenated alkanes) is 3. The van der Waals surface area contributed by atoms with Gasteiger partial charge in [-0.2, -0.15) is 0 Å². The Kier molecular flexibility index (Phi) is 7.83. The van der Waals surface area contributed by atoms with Gasteiger partial charge >= 0.3 is 5.97 Å². The van der Waals surface area contributed by atoms with Crippen LogP contribution in [-0.4, -0.2) is 31.3 Å². The first kappa shape index (κ1) is 17.5. The molecule has 0 fully saturated rings. The van der Waals surface area contributed by atoms with Crippen molar-refractivity contribution in [2.75, 3.05) is 20.2 Å². The smallest absolute Gasteiger partial charge is 0.338 e. The van der Waals surface area contributed by atoms with E-state index >= 15 is 0 Å². The second-order valence-corrected chi connectivity index (χ2v) is 5.29. The highest BCUT2D eigenvalue weighted by Gasteiger charge is 2.13. The molecule has 1 rings (SSSR count). The summed E-state index contributed by atoms with van der Waals surface area (Å²) >= 11 is 0. The molecule has 0 radical (unpaired) electrons. The van der Waals surface area contributed by atoms with Gasteiger partial charge in [0.15, 0.2) is 0 Å². The molecule has 0 unspecified atom stereocenters. The number of esters is 1. The molecule has 0 atom stereocenters. The molecule has 0 bridgehead atoms. The minimum Gasteiger partial charge on any atom is -0.508 e. The molecule has 0 saturated heterocycles. The van der Waals surface area contributed by atoms with Gasteiger partial charge in [-0.1, -0.05) is 19.8 Å². The number of methoxy groups -OCH3 is 1. The number of rotatable bonds is 9. The summed E-state index contributed by atoms with van der Waals surface area (Å²) in [6.07, 6.45) is 5.51. The summed E-state index contributed by atoms with van der Waals surface area (Å²) in [4.78, 5) is 11.7. The van der Waals surface area contributed by atoms with E-state index in [1.165, 1.54) is 26.0 Å². The number of phenolic OH excluding ortho intramolecular Hbond substituents is 1. The summed E-state index contributed by atoms with van der Waals surface area (Å²) in [7, 11) is 1.36. The van der Waals surface area contributed by atoms with Crippen LogP contribution in [0.1, 0.15) is 54.1 Å². The summed E-state index contributed by atoms with van der Waals surface area (Å²) < 4.78 is 4.75. The van der Waals surface area contributed by atoms with Gasteiger partial charge in [0.25, 0.3) is 0 Å². The highest BCUT2D eigenvalue weighted by atomic mass is 16.5. The molecule has 4 nitrogen and oxygen atoms in total. The third kappa shape index (κ3) is 5.76. The number of hydrogen-bond donors (Lipinski definition) is 2. The molecular weight excluding hydrogens is 266 g/mol. The van der Waals surface area contributed by atoms with Crippen LogP contribution >= 0.6 is 0 Å². The number of nitrogens with one attached hydrogen (secondary N) is 1. The maximum atomic E-state index is 11.7. The van der Waals surface area contributed by atoms with Crippen LogP contribution in [0.25, 0.3) is 0 Å². The molecule has 2 N–H and O–H groups in total. The topological polar surface area (TPSA) is 58.6 Å². The molecule has 0 spiro atoms. The molecule has 0 aliphatic carbocycles. The molecule has 4 heteroatoms. The van der Waals surface area contributed by atoms with E-state index in [1.54, 1.807) is 6.07 Å². The Balaban J connectivity index is 2.51. The predicted octanol–water partition coefficient (Wildman–Crippen LogP) is 3.20.